The molecule has 0 bridgehead atoms. The fraction of sp³-hybridized carbons (Fsp3) is 0.524. The van der Waals surface area contributed by atoms with Gasteiger partial charge in [0.2, 0.25) is 0 Å². The molecule has 1 aliphatic rings. The summed E-state index contributed by atoms with van der Waals surface area (Å²) in [4.78, 5) is 0. The Labute approximate surface area is 130 Å². The number of hydrogen-bond acceptors (Lipinski definition) is 0. The molecule has 0 nitrogen and oxygen atoms in total. The minimum absolute atomic E-state index is 0.758. The van der Waals surface area contributed by atoms with Crippen molar-refractivity contribution in [3.05, 3.63) is 47.5 Å². The Hall–Kier alpha value is -1.48. The Bertz CT molecular complexity index is 487. The van der Waals surface area contributed by atoms with E-state index in [4.69, 9.17) is 0 Å². The van der Waals surface area contributed by atoms with Crippen LogP contribution >= 0.6 is 0 Å². The first kappa shape index (κ1) is 15.9. The van der Waals surface area contributed by atoms with Crippen molar-refractivity contribution in [1.29, 1.82) is 0 Å². The number of aryl methyl sites for hydroxylation is 1. The van der Waals surface area contributed by atoms with Crippen LogP contribution in [0.4, 0.5) is 0 Å². The summed E-state index contributed by atoms with van der Waals surface area (Å²) in [5.74, 6) is 8.16. The van der Waals surface area contributed by atoms with Gasteiger partial charge in [-0.25, -0.2) is 0 Å². The number of allylic oxidation sites excluding steroid dienone is 2. The highest BCUT2D eigenvalue weighted by Crippen LogP contribution is 2.31. The molecule has 1 aliphatic carbocycles. The maximum atomic E-state index is 3.24. The van der Waals surface area contributed by atoms with E-state index in [1.165, 1.54) is 44.1 Å². The number of hydrogen-bond donors (Lipinski definition) is 0. The quantitative estimate of drug-likeness (QED) is 0.615. The van der Waals surface area contributed by atoms with Gasteiger partial charge in [0.15, 0.2) is 0 Å². The van der Waals surface area contributed by atoms with Gasteiger partial charge in [0.1, 0.15) is 0 Å². The number of rotatable bonds is 4. The van der Waals surface area contributed by atoms with Gasteiger partial charge in [-0.3, -0.25) is 0 Å². The van der Waals surface area contributed by atoms with Crippen molar-refractivity contribution in [2.24, 2.45) is 11.8 Å². The predicted octanol–water partition coefficient (Wildman–Crippen LogP) is 5.76. The molecule has 2 rings (SSSR count). The Kier molecular flexibility index (Phi) is 6.61. The molecular formula is C21H28. The standard InChI is InChI=1S/C21H28/c1-3-7-19-14-16-21(17-15-19)9-6-5-8-20-12-10-18(4-2)11-13-20/h5,8,14-18,20H,3-4,7,10-13H2,1-2H3/b8-5+. The van der Waals surface area contributed by atoms with Crippen molar-refractivity contribution in [1.82, 2.24) is 0 Å². The minimum Gasteiger partial charge on any atom is -0.0730 e. The normalized spacial score (nSPS) is 22.0. The Balaban J connectivity index is 1.81. The van der Waals surface area contributed by atoms with Crippen LogP contribution in [0, 0.1) is 23.7 Å². The summed E-state index contributed by atoms with van der Waals surface area (Å²) < 4.78 is 0. The second-order valence-electron chi connectivity index (χ2n) is 6.26. The van der Waals surface area contributed by atoms with Gasteiger partial charge in [-0.1, -0.05) is 56.7 Å². The van der Waals surface area contributed by atoms with Gasteiger partial charge in [0.25, 0.3) is 0 Å². The molecule has 1 fully saturated rings. The highest BCUT2D eigenvalue weighted by atomic mass is 14.2. The summed E-state index contributed by atoms with van der Waals surface area (Å²) in [5.41, 5.74) is 2.53. The number of benzene rings is 1. The summed E-state index contributed by atoms with van der Waals surface area (Å²) >= 11 is 0. The molecule has 21 heavy (non-hydrogen) atoms. The molecule has 1 saturated carbocycles. The van der Waals surface area contributed by atoms with Gasteiger partial charge in [-0.2, -0.15) is 0 Å². The van der Waals surface area contributed by atoms with Crippen molar-refractivity contribution < 1.29 is 0 Å². The fourth-order valence-corrected chi connectivity index (χ4v) is 3.14. The molecule has 0 heterocycles. The van der Waals surface area contributed by atoms with E-state index in [0.29, 0.717) is 0 Å². The third kappa shape index (κ3) is 5.43. The molecule has 1 aromatic rings. The topological polar surface area (TPSA) is 0 Å². The molecule has 1 aromatic carbocycles. The molecule has 0 atom stereocenters. The van der Waals surface area contributed by atoms with Crippen LogP contribution in [-0.2, 0) is 6.42 Å². The zero-order valence-corrected chi connectivity index (χ0v) is 13.6. The van der Waals surface area contributed by atoms with E-state index in [0.717, 1.165) is 23.8 Å². The first-order chi connectivity index (χ1) is 10.3. The van der Waals surface area contributed by atoms with Crippen LogP contribution in [0.3, 0.4) is 0 Å². The fourth-order valence-electron chi connectivity index (χ4n) is 3.14. The molecule has 0 spiro atoms. The zero-order chi connectivity index (χ0) is 14.9. The minimum atomic E-state index is 0.758. The van der Waals surface area contributed by atoms with Crippen LogP contribution in [0.15, 0.2) is 36.4 Å². The van der Waals surface area contributed by atoms with Crippen molar-refractivity contribution in [3.8, 4) is 11.8 Å². The van der Waals surface area contributed by atoms with Crippen LogP contribution < -0.4 is 0 Å². The van der Waals surface area contributed by atoms with E-state index in [2.05, 4.69) is 62.1 Å². The molecule has 0 aromatic heterocycles. The molecule has 0 radical (unpaired) electrons. The summed E-state index contributed by atoms with van der Waals surface area (Å²) in [6.45, 7) is 4.53. The third-order valence-electron chi connectivity index (χ3n) is 4.63. The van der Waals surface area contributed by atoms with Crippen molar-refractivity contribution in [3.63, 3.8) is 0 Å². The summed E-state index contributed by atoms with van der Waals surface area (Å²) in [7, 11) is 0. The highest BCUT2D eigenvalue weighted by molar-refractivity contribution is 5.38. The molecule has 0 aliphatic heterocycles. The van der Waals surface area contributed by atoms with Gasteiger partial charge in [0.05, 0.1) is 0 Å². The third-order valence-corrected chi connectivity index (χ3v) is 4.63. The van der Waals surface area contributed by atoms with Crippen LogP contribution in [0.2, 0.25) is 0 Å². The van der Waals surface area contributed by atoms with Gasteiger partial charge in [0, 0.05) is 5.56 Å². The lowest BCUT2D eigenvalue weighted by Gasteiger charge is -2.25. The first-order valence-corrected chi connectivity index (χ1v) is 8.59. The van der Waals surface area contributed by atoms with Crippen LogP contribution in [0.25, 0.3) is 0 Å². The molecule has 0 saturated heterocycles. The second-order valence-corrected chi connectivity index (χ2v) is 6.26. The summed E-state index contributed by atoms with van der Waals surface area (Å²) in [5, 5.41) is 0. The van der Waals surface area contributed by atoms with E-state index >= 15 is 0 Å². The van der Waals surface area contributed by atoms with E-state index in [1.807, 2.05) is 0 Å². The monoisotopic (exact) mass is 280 g/mol. The van der Waals surface area contributed by atoms with Crippen molar-refractivity contribution >= 4 is 0 Å². The van der Waals surface area contributed by atoms with Gasteiger partial charge >= 0.3 is 0 Å². The molecular weight excluding hydrogens is 252 g/mol. The van der Waals surface area contributed by atoms with E-state index in [9.17, 15) is 0 Å². The largest absolute Gasteiger partial charge is 0.0730 e. The van der Waals surface area contributed by atoms with Gasteiger partial charge in [-0.05, 0) is 67.7 Å². The predicted molar refractivity (Wildman–Crippen MR) is 92.2 cm³/mol. The molecule has 112 valence electrons. The lowest BCUT2D eigenvalue weighted by atomic mass is 9.81. The summed E-state index contributed by atoms with van der Waals surface area (Å²) in [6.07, 6.45) is 13.6. The van der Waals surface area contributed by atoms with E-state index in [-0.39, 0.29) is 0 Å². The highest BCUT2D eigenvalue weighted by Gasteiger charge is 2.17. The molecule has 0 heteroatoms. The first-order valence-electron chi connectivity index (χ1n) is 8.59. The molecule has 0 unspecified atom stereocenters. The van der Waals surface area contributed by atoms with Crippen LogP contribution in [0.5, 0.6) is 0 Å². The molecule has 0 N–H and O–H groups in total. The Morgan fingerprint density at radius 1 is 1.05 bits per heavy atom. The van der Waals surface area contributed by atoms with Crippen LogP contribution in [0.1, 0.15) is 63.5 Å². The maximum absolute atomic E-state index is 3.24. The van der Waals surface area contributed by atoms with Gasteiger partial charge < -0.3 is 0 Å². The van der Waals surface area contributed by atoms with Gasteiger partial charge in [-0.15, -0.1) is 0 Å². The average molecular weight is 280 g/mol. The van der Waals surface area contributed by atoms with Crippen LogP contribution in [-0.4, -0.2) is 0 Å². The zero-order valence-electron chi connectivity index (χ0n) is 13.6. The smallest absolute Gasteiger partial charge is 0.0249 e. The van der Waals surface area contributed by atoms with E-state index < -0.39 is 0 Å². The van der Waals surface area contributed by atoms with Crippen molar-refractivity contribution in [2.75, 3.05) is 0 Å². The lowest BCUT2D eigenvalue weighted by molar-refractivity contribution is 0.304. The maximum Gasteiger partial charge on any atom is 0.0249 e. The summed E-state index contributed by atoms with van der Waals surface area (Å²) in [6, 6.07) is 8.67. The SMILES string of the molecule is CCCc1ccc(C#C/C=C/C2CCC(CC)CC2)cc1. The molecule has 0 amide bonds. The average Bonchev–Trinajstić information content (AvgIpc) is 2.54. The second kappa shape index (κ2) is 8.73. The Morgan fingerprint density at radius 3 is 2.38 bits per heavy atom. The lowest BCUT2D eigenvalue weighted by Crippen LogP contribution is -2.11. The van der Waals surface area contributed by atoms with E-state index in [1.54, 1.807) is 0 Å². The Morgan fingerprint density at radius 2 is 1.76 bits per heavy atom. The van der Waals surface area contributed by atoms with Crippen molar-refractivity contribution in [2.45, 2.75) is 58.8 Å².